The number of nitrogens with zero attached hydrogens (tertiary/aromatic N) is 2. The van der Waals surface area contributed by atoms with Crippen LogP contribution >= 0.6 is 0 Å². The number of nitrogen functional groups attached to an aromatic ring is 1. The van der Waals surface area contributed by atoms with Gasteiger partial charge in [-0.1, -0.05) is 19.6 Å². The number of rotatable bonds is 9. The van der Waals surface area contributed by atoms with Crippen LogP contribution in [-0.4, -0.2) is 25.8 Å². The van der Waals surface area contributed by atoms with E-state index in [2.05, 4.69) is 25.0 Å². The van der Waals surface area contributed by atoms with E-state index in [0.29, 0.717) is 6.61 Å². The summed E-state index contributed by atoms with van der Waals surface area (Å²) in [5.74, 6) is -3.43. The summed E-state index contributed by atoms with van der Waals surface area (Å²) in [6, 6.07) is 5.97. The van der Waals surface area contributed by atoms with Gasteiger partial charge < -0.3 is 25.6 Å². The van der Waals surface area contributed by atoms with Crippen LogP contribution in [0.4, 0.5) is 20.3 Å². The van der Waals surface area contributed by atoms with E-state index in [-0.39, 0.29) is 23.0 Å². The molecule has 0 amide bonds. The van der Waals surface area contributed by atoms with E-state index in [9.17, 15) is 18.8 Å². The third-order valence-corrected chi connectivity index (χ3v) is 5.82. The maximum atomic E-state index is 14.5. The molecule has 7 nitrogen and oxygen atoms in total. The van der Waals surface area contributed by atoms with Crippen molar-refractivity contribution in [1.29, 1.82) is 0 Å². The minimum atomic E-state index is -3.47. The Hall–Kier alpha value is -2.46. The number of ether oxygens (including phenoxy) is 1. The summed E-state index contributed by atoms with van der Waals surface area (Å²) in [6.45, 7) is 6.34. The molecule has 0 spiro atoms. The minimum Gasteiger partial charge on any atom is -0.618 e. The van der Waals surface area contributed by atoms with Crippen molar-refractivity contribution >= 4 is 19.6 Å². The zero-order chi connectivity index (χ0) is 20.9. The summed E-state index contributed by atoms with van der Waals surface area (Å²) in [7, 11) is -1.27. The molecule has 0 fully saturated rings. The normalized spacial score (nSPS) is 12.2. The maximum absolute atomic E-state index is 14.5. The lowest BCUT2D eigenvalue weighted by molar-refractivity contribution is -0.624. The highest BCUT2D eigenvalue weighted by Crippen LogP contribution is 2.26. The molecule has 0 saturated heterocycles. The largest absolute Gasteiger partial charge is 0.618 e. The molecule has 2 rings (SSSR count). The van der Waals surface area contributed by atoms with Crippen LogP contribution in [-0.2, 0) is 17.4 Å². The van der Waals surface area contributed by atoms with Crippen molar-refractivity contribution < 1.29 is 18.2 Å². The number of pyridine rings is 2. The molecule has 0 saturated carbocycles. The first-order chi connectivity index (χ1) is 13.0. The zero-order valence-corrected chi connectivity index (χ0v) is 17.2. The zero-order valence-electron chi connectivity index (χ0n) is 16.2. The maximum Gasteiger partial charge on any atom is 0.347 e. The molecule has 0 atom stereocenters. The molecule has 3 N–H and O–H groups in total. The number of hydrogen-bond donors (Lipinski definition) is 2. The van der Waals surface area contributed by atoms with Crippen molar-refractivity contribution in [3.8, 4) is 0 Å². The summed E-state index contributed by atoms with van der Waals surface area (Å²) in [4.78, 5) is 11.8. The first-order valence-corrected chi connectivity index (χ1v) is 12.6. The number of hydrogen-bond acceptors (Lipinski definition) is 5. The summed E-state index contributed by atoms with van der Waals surface area (Å²) in [5, 5.41) is 14.1. The van der Waals surface area contributed by atoms with Crippen LogP contribution in [0.1, 0.15) is 5.69 Å². The van der Waals surface area contributed by atoms with E-state index >= 15 is 0 Å². The molecular weight excluding hydrogens is 386 g/mol. The van der Waals surface area contributed by atoms with Crippen LogP contribution in [0.5, 0.6) is 0 Å². The Kier molecular flexibility index (Phi) is 6.78. The fourth-order valence-corrected chi connectivity index (χ4v) is 3.19. The third-order valence-electron chi connectivity index (χ3n) is 4.12. The molecule has 0 aromatic carbocycles. The number of anilines is 2. The predicted molar refractivity (Wildman–Crippen MR) is 107 cm³/mol. The van der Waals surface area contributed by atoms with Crippen LogP contribution < -0.4 is 21.2 Å². The number of nitrogens with one attached hydrogen (secondary N) is 1. The highest BCUT2D eigenvalue weighted by Gasteiger charge is 2.39. The average Bonchev–Trinajstić information content (AvgIpc) is 2.60. The van der Waals surface area contributed by atoms with Gasteiger partial charge in [0.15, 0.2) is 6.20 Å². The van der Waals surface area contributed by atoms with E-state index in [1.54, 1.807) is 0 Å². The Balaban J connectivity index is 2.14. The summed E-state index contributed by atoms with van der Waals surface area (Å²) >= 11 is 0. The summed E-state index contributed by atoms with van der Waals surface area (Å²) in [6.07, 6.45) is 2.44. The lowest BCUT2D eigenvalue weighted by Gasteiger charge is -2.21. The van der Waals surface area contributed by atoms with Gasteiger partial charge in [-0.25, -0.2) is 0 Å². The average molecular weight is 413 g/mol. The number of alkyl halides is 2. The highest BCUT2D eigenvalue weighted by molar-refractivity contribution is 6.76. The Morgan fingerprint density at radius 2 is 2.04 bits per heavy atom. The second kappa shape index (κ2) is 8.70. The topological polar surface area (TPSA) is 96.2 Å². The first kappa shape index (κ1) is 21.8. The van der Waals surface area contributed by atoms with Crippen molar-refractivity contribution in [3.05, 3.63) is 57.8 Å². The van der Waals surface area contributed by atoms with Crippen LogP contribution in [0, 0.1) is 5.21 Å². The van der Waals surface area contributed by atoms with Crippen molar-refractivity contribution in [2.75, 3.05) is 24.2 Å². The summed E-state index contributed by atoms with van der Waals surface area (Å²) in [5.41, 5.74) is 4.43. The van der Waals surface area contributed by atoms with Gasteiger partial charge >= 0.3 is 5.92 Å². The first-order valence-electron chi connectivity index (χ1n) is 8.88. The Morgan fingerprint density at radius 1 is 1.32 bits per heavy atom. The SMILES string of the molecule is C[Si](C)(C)CCOCn1ccc(=O)c(N)c1NCC(F)(F)c1cccc[n+]1[O-]. The van der Waals surface area contributed by atoms with E-state index in [1.807, 2.05) is 0 Å². The lowest BCUT2D eigenvalue weighted by atomic mass is 10.2. The van der Waals surface area contributed by atoms with Gasteiger partial charge in [0.05, 0.1) is 6.54 Å². The molecule has 0 unspecified atom stereocenters. The van der Waals surface area contributed by atoms with Crippen molar-refractivity contribution in [3.63, 3.8) is 0 Å². The molecule has 2 aromatic heterocycles. The predicted octanol–water partition coefficient (Wildman–Crippen LogP) is 2.58. The van der Waals surface area contributed by atoms with Gasteiger partial charge in [0, 0.05) is 39.1 Å². The summed E-state index contributed by atoms with van der Waals surface area (Å²) < 4.78 is 36.1. The van der Waals surface area contributed by atoms with E-state index in [1.165, 1.54) is 29.0 Å². The molecule has 28 heavy (non-hydrogen) atoms. The van der Waals surface area contributed by atoms with Gasteiger partial charge in [-0.3, -0.25) is 4.79 Å². The molecule has 0 radical (unpaired) electrons. The van der Waals surface area contributed by atoms with Gasteiger partial charge in [-0.15, -0.1) is 0 Å². The van der Waals surface area contributed by atoms with Crippen molar-refractivity contribution in [1.82, 2.24) is 4.57 Å². The Bertz CT molecular complexity index is 869. The molecular formula is C18H26F2N4O3Si. The quantitative estimate of drug-likeness (QED) is 0.286. The Labute approximate surface area is 163 Å². The molecule has 0 aliphatic rings. The van der Waals surface area contributed by atoms with Gasteiger partial charge in [0.2, 0.25) is 5.43 Å². The molecule has 2 heterocycles. The fraction of sp³-hybridized carbons (Fsp3) is 0.444. The highest BCUT2D eigenvalue weighted by atomic mass is 28.3. The third kappa shape index (κ3) is 5.77. The van der Waals surface area contributed by atoms with Crippen LogP contribution in [0.3, 0.4) is 0 Å². The second-order valence-electron chi connectivity index (χ2n) is 7.73. The van der Waals surface area contributed by atoms with E-state index in [4.69, 9.17) is 10.5 Å². The van der Waals surface area contributed by atoms with E-state index in [0.717, 1.165) is 18.3 Å². The molecule has 0 bridgehead atoms. The van der Waals surface area contributed by atoms with Gasteiger partial charge in [0.1, 0.15) is 18.2 Å². The molecule has 10 heteroatoms. The molecule has 0 aliphatic carbocycles. The van der Waals surface area contributed by atoms with Crippen LogP contribution in [0.15, 0.2) is 41.5 Å². The van der Waals surface area contributed by atoms with Crippen molar-refractivity contribution in [2.45, 2.75) is 38.3 Å². The fourth-order valence-electron chi connectivity index (χ4n) is 2.44. The number of nitrogens with two attached hydrogens (primary N) is 1. The minimum absolute atomic E-state index is 0.0357. The van der Waals surface area contributed by atoms with E-state index < -0.39 is 31.7 Å². The standard InChI is InChI=1S/C18H26F2N4O3Si/c1-28(2,3)11-10-27-13-23-9-7-14(25)16(21)17(23)22-12-18(19,20)15-6-4-5-8-24(15)26/h4-9,22H,10-13,21H2,1-3H3. The monoisotopic (exact) mass is 412 g/mol. The van der Waals surface area contributed by atoms with Gasteiger partial charge in [-0.2, -0.15) is 13.5 Å². The molecule has 154 valence electrons. The molecule has 0 aliphatic heterocycles. The number of aromatic nitrogens is 2. The van der Waals surface area contributed by atoms with Crippen molar-refractivity contribution in [2.24, 2.45) is 0 Å². The van der Waals surface area contributed by atoms with Crippen LogP contribution in [0.25, 0.3) is 0 Å². The van der Waals surface area contributed by atoms with Crippen LogP contribution in [0.2, 0.25) is 25.7 Å². The second-order valence-corrected chi connectivity index (χ2v) is 13.4. The van der Waals surface area contributed by atoms with Gasteiger partial charge in [-0.05, 0) is 12.1 Å². The lowest BCUT2D eigenvalue weighted by Crippen LogP contribution is -2.41. The number of halogens is 2. The molecule has 2 aromatic rings. The van der Waals surface area contributed by atoms with Gasteiger partial charge in [0.25, 0.3) is 5.69 Å². The Morgan fingerprint density at radius 3 is 2.68 bits per heavy atom. The smallest absolute Gasteiger partial charge is 0.347 e.